The molecule has 0 atom stereocenters. The van der Waals surface area contributed by atoms with Crippen LogP contribution in [0.3, 0.4) is 0 Å². The van der Waals surface area contributed by atoms with Crippen molar-refractivity contribution in [3.8, 4) is 11.3 Å². The van der Waals surface area contributed by atoms with Gasteiger partial charge in [-0.05, 0) is 42.0 Å². The maximum absolute atomic E-state index is 13.0. The van der Waals surface area contributed by atoms with Crippen LogP contribution in [0, 0.1) is 0 Å². The van der Waals surface area contributed by atoms with E-state index in [1.165, 1.54) is 12.1 Å². The van der Waals surface area contributed by atoms with Crippen molar-refractivity contribution in [3.05, 3.63) is 83.8 Å². The Hall–Kier alpha value is -3.22. The Balaban J connectivity index is 1.75. The fourth-order valence-corrected chi connectivity index (χ4v) is 2.46. The number of hydrogen-bond acceptors (Lipinski definition) is 3. The van der Waals surface area contributed by atoms with E-state index in [9.17, 15) is 18.0 Å². The Morgan fingerprint density at radius 1 is 1.04 bits per heavy atom. The van der Waals surface area contributed by atoms with Gasteiger partial charge in [-0.3, -0.25) is 14.8 Å². The highest BCUT2D eigenvalue weighted by molar-refractivity contribution is 5.95. The van der Waals surface area contributed by atoms with E-state index < -0.39 is 23.2 Å². The lowest BCUT2D eigenvalue weighted by Crippen LogP contribution is -2.25. The Labute approximate surface area is 147 Å². The van der Waals surface area contributed by atoms with Gasteiger partial charge in [-0.25, -0.2) is 0 Å². The van der Waals surface area contributed by atoms with E-state index in [0.29, 0.717) is 5.69 Å². The molecule has 2 heterocycles. The predicted molar refractivity (Wildman–Crippen MR) is 90.1 cm³/mol. The van der Waals surface area contributed by atoms with E-state index in [1.54, 1.807) is 36.8 Å². The molecule has 1 aromatic carbocycles. The van der Waals surface area contributed by atoms with Gasteiger partial charge in [0.2, 0.25) is 0 Å². The molecule has 3 rings (SSSR count). The summed E-state index contributed by atoms with van der Waals surface area (Å²) in [5.74, 6) is -0.780. The SMILES string of the molecule is O=C(NCc1ccnc(-c2cccnc2)c1)c1ccccc1C(F)(F)F. The lowest BCUT2D eigenvalue weighted by molar-refractivity contribution is -0.137. The third kappa shape index (κ3) is 4.05. The molecule has 1 N–H and O–H groups in total. The van der Waals surface area contributed by atoms with Crippen LogP contribution in [-0.2, 0) is 12.7 Å². The van der Waals surface area contributed by atoms with Crippen LogP contribution in [-0.4, -0.2) is 15.9 Å². The molecule has 26 heavy (non-hydrogen) atoms. The molecule has 0 aliphatic carbocycles. The maximum Gasteiger partial charge on any atom is 0.417 e. The first-order valence-electron chi connectivity index (χ1n) is 7.75. The van der Waals surface area contributed by atoms with Gasteiger partial charge >= 0.3 is 6.18 Å². The highest BCUT2D eigenvalue weighted by Gasteiger charge is 2.34. The van der Waals surface area contributed by atoms with E-state index >= 15 is 0 Å². The van der Waals surface area contributed by atoms with Gasteiger partial charge in [0, 0.05) is 30.7 Å². The first-order chi connectivity index (χ1) is 12.4. The van der Waals surface area contributed by atoms with Crippen LogP contribution >= 0.6 is 0 Å². The maximum atomic E-state index is 13.0. The Bertz CT molecular complexity index is 911. The van der Waals surface area contributed by atoms with Gasteiger partial charge in [-0.2, -0.15) is 13.2 Å². The zero-order chi connectivity index (χ0) is 18.6. The summed E-state index contributed by atoms with van der Waals surface area (Å²) in [6, 6.07) is 11.8. The molecule has 0 fully saturated rings. The van der Waals surface area contributed by atoms with Crippen molar-refractivity contribution < 1.29 is 18.0 Å². The molecule has 0 bridgehead atoms. The van der Waals surface area contributed by atoms with Crippen LogP contribution < -0.4 is 5.32 Å². The van der Waals surface area contributed by atoms with Gasteiger partial charge in [0.15, 0.2) is 0 Å². The molecule has 132 valence electrons. The number of nitrogens with one attached hydrogen (secondary N) is 1. The largest absolute Gasteiger partial charge is 0.417 e. The number of carbonyl (C=O) groups excluding carboxylic acids is 1. The monoisotopic (exact) mass is 357 g/mol. The second-order valence-electron chi connectivity index (χ2n) is 5.52. The summed E-state index contributed by atoms with van der Waals surface area (Å²) in [7, 11) is 0. The number of carbonyl (C=O) groups is 1. The second kappa shape index (κ2) is 7.35. The lowest BCUT2D eigenvalue weighted by Gasteiger charge is -2.13. The fraction of sp³-hybridized carbons (Fsp3) is 0.105. The lowest BCUT2D eigenvalue weighted by atomic mass is 10.1. The minimum absolute atomic E-state index is 0.0841. The van der Waals surface area contributed by atoms with Crippen LogP contribution in [0.2, 0.25) is 0 Å². The summed E-state index contributed by atoms with van der Waals surface area (Å²) in [5, 5.41) is 2.52. The number of halogens is 3. The normalized spacial score (nSPS) is 11.2. The number of nitrogens with zero attached hydrogens (tertiary/aromatic N) is 2. The molecule has 0 saturated carbocycles. The number of alkyl halides is 3. The molecule has 0 aliphatic heterocycles. The number of pyridine rings is 2. The molecule has 0 radical (unpaired) electrons. The highest BCUT2D eigenvalue weighted by Crippen LogP contribution is 2.31. The van der Waals surface area contributed by atoms with Crippen molar-refractivity contribution in [1.29, 1.82) is 0 Å². The van der Waals surface area contributed by atoms with Gasteiger partial charge in [0.25, 0.3) is 5.91 Å². The smallest absolute Gasteiger partial charge is 0.348 e. The van der Waals surface area contributed by atoms with E-state index in [-0.39, 0.29) is 6.54 Å². The third-order valence-electron chi connectivity index (χ3n) is 3.71. The Morgan fingerprint density at radius 2 is 1.85 bits per heavy atom. The first-order valence-corrected chi connectivity index (χ1v) is 7.75. The minimum atomic E-state index is -4.59. The molecule has 7 heteroatoms. The minimum Gasteiger partial charge on any atom is -0.348 e. The van der Waals surface area contributed by atoms with Crippen LogP contribution in [0.4, 0.5) is 13.2 Å². The van der Waals surface area contributed by atoms with Crippen LogP contribution in [0.1, 0.15) is 21.5 Å². The van der Waals surface area contributed by atoms with Crippen molar-refractivity contribution in [2.45, 2.75) is 12.7 Å². The van der Waals surface area contributed by atoms with Crippen LogP contribution in [0.15, 0.2) is 67.1 Å². The van der Waals surface area contributed by atoms with Crippen molar-refractivity contribution in [1.82, 2.24) is 15.3 Å². The summed E-state index contributed by atoms with van der Waals surface area (Å²) in [6.45, 7) is 0.0841. The molecule has 0 aliphatic rings. The van der Waals surface area contributed by atoms with Crippen LogP contribution in [0.5, 0.6) is 0 Å². The molecular weight excluding hydrogens is 343 g/mol. The topological polar surface area (TPSA) is 54.9 Å². The summed E-state index contributed by atoms with van der Waals surface area (Å²) >= 11 is 0. The van der Waals surface area contributed by atoms with E-state index in [0.717, 1.165) is 23.3 Å². The molecule has 0 saturated heterocycles. The number of amides is 1. The number of aromatic nitrogens is 2. The van der Waals surface area contributed by atoms with Gasteiger partial charge < -0.3 is 5.32 Å². The second-order valence-corrected chi connectivity index (χ2v) is 5.52. The third-order valence-corrected chi connectivity index (χ3v) is 3.71. The highest BCUT2D eigenvalue weighted by atomic mass is 19.4. The van der Waals surface area contributed by atoms with E-state index in [2.05, 4.69) is 15.3 Å². The number of hydrogen-bond donors (Lipinski definition) is 1. The molecule has 0 unspecified atom stereocenters. The van der Waals surface area contributed by atoms with Gasteiger partial charge in [-0.15, -0.1) is 0 Å². The first kappa shape index (κ1) is 17.6. The summed E-state index contributed by atoms with van der Waals surface area (Å²) in [4.78, 5) is 20.5. The van der Waals surface area contributed by atoms with Crippen molar-refractivity contribution in [2.75, 3.05) is 0 Å². The summed E-state index contributed by atoms with van der Waals surface area (Å²) < 4.78 is 39.1. The molecule has 0 spiro atoms. The predicted octanol–water partition coefficient (Wildman–Crippen LogP) is 4.09. The fourth-order valence-electron chi connectivity index (χ4n) is 2.46. The Kier molecular flexibility index (Phi) is 4.97. The average Bonchev–Trinajstić information content (AvgIpc) is 2.66. The average molecular weight is 357 g/mol. The summed E-state index contributed by atoms with van der Waals surface area (Å²) in [6.07, 6.45) is 0.293. The quantitative estimate of drug-likeness (QED) is 0.765. The number of rotatable bonds is 4. The number of benzene rings is 1. The van der Waals surface area contributed by atoms with E-state index in [4.69, 9.17) is 0 Å². The standard InChI is InChI=1S/C19H14F3N3O/c20-19(21,22)16-6-2-1-5-15(16)18(26)25-11-13-7-9-24-17(10-13)14-4-3-8-23-12-14/h1-10,12H,11H2,(H,25,26). The van der Waals surface area contributed by atoms with E-state index in [1.807, 2.05) is 6.07 Å². The van der Waals surface area contributed by atoms with Crippen molar-refractivity contribution in [3.63, 3.8) is 0 Å². The Morgan fingerprint density at radius 3 is 2.58 bits per heavy atom. The molecule has 4 nitrogen and oxygen atoms in total. The zero-order valence-corrected chi connectivity index (χ0v) is 13.5. The molecule has 1 amide bonds. The van der Waals surface area contributed by atoms with Crippen molar-refractivity contribution >= 4 is 5.91 Å². The van der Waals surface area contributed by atoms with Crippen LogP contribution in [0.25, 0.3) is 11.3 Å². The van der Waals surface area contributed by atoms with Crippen molar-refractivity contribution in [2.24, 2.45) is 0 Å². The van der Waals surface area contributed by atoms with Gasteiger partial charge in [-0.1, -0.05) is 12.1 Å². The van der Waals surface area contributed by atoms with Gasteiger partial charge in [0.05, 0.1) is 16.8 Å². The molecule has 2 aromatic heterocycles. The van der Waals surface area contributed by atoms with Gasteiger partial charge in [0.1, 0.15) is 0 Å². The molecule has 3 aromatic rings. The molecular formula is C19H14F3N3O. The summed E-state index contributed by atoms with van der Waals surface area (Å²) in [5.41, 5.74) is 0.838. The zero-order valence-electron chi connectivity index (χ0n) is 13.5.